The molecule has 0 aromatic heterocycles. The van der Waals surface area contributed by atoms with Crippen LogP contribution in [0.1, 0.15) is 27.9 Å². The summed E-state index contributed by atoms with van der Waals surface area (Å²) in [6.45, 7) is 0.0569. The highest BCUT2D eigenvalue weighted by molar-refractivity contribution is 7.99. The summed E-state index contributed by atoms with van der Waals surface area (Å²) < 4.78 is 49.0. The molecule has 0 bridgehead atoms. The van der Waals surface area contributed by atoms with Gasteiger partial charge in [0.2, 0.25) is 0 Å². The van der Waals surface area contributed by atoms with Crippen LogP contribution in [0, 0.1) is 0 Å². The van der Waals surface area contributed by atoms with Crippen molar-refractivity contribution in [3.63, 3.8) is 0 Å². The lowest BCUT2D eigenvalue weighted by Crippen LogP contribution is -2.14. The first-order chi connectivity index (χ1) is 15.1. The Kier molecular flexibility index (Phi) is 7.34. The molecule has 0 radical (unpaired) electrons. The molecule has 0 saturated heterocycles. The van der Waals surface area contributed by atoms with Crippen molar-refractivity contribution in [2.45, 2.75) is 23.9 Å². The molecule has 0 atom stereocenters. The number of ketones is 1. The van der Waals surface area contributed by atoms with Crippen LogP contribution >= 0.6 is 11.8 Å². The monoisotopic (exact) mass is 467 g/mol. The number of alkyl halides is 3. The number of rotatable bonds is 8. The van der Waals surface area contributed by atoms with Crippen LogP contribution < -0.4 is 15.2 Å². The zero-order valence-electron chi connectivity index (χ0n) is 16.8. The van der Waals surface area contributed by atoms with Crippen molar-refractivity contribution < 1.29 is 37.3 Å². The molecule has 0 spiro atoms. The van der Waals surface area contributed by atoms with Crippen LogP contribution in [-0.2, 0) is 17.4 Å². The van der Waals surface area contributed by atoms with Gasteiger partial charge in [-0.05, 0) is 37.1 Å². The molecule has 2 aromatic carbocycles. The van der Waals surface area contributed by atoms with E-state index in [2.05, 4.69) is 0 Å². The van der Waals surface area contributed by atoms with E-state index in [0.717, 1.165) is 41.1 Å². The average Bonchev–Trinajstić information content (AvgIpc) is 2.76. The van der Waals surface area contributed by atoms with Crippen molar-refractivity contribution in [3.05, 3.63) is 64.9 Å². The minimum Gasteiger partial charge on any atom is -0.492 e. The average molecular weight is 467 g/mol. The number of carbonyl (C=O) groups excluding carboxylic acids is 1. The number of nitrogens with two attached hydrogens (primary N) is 1. The highest BCUT2D eigenvalue weighted by Gasteiger charge is 2.30. The van der Waals surface area contributed by atoms with Crippen molar-refractivity contribution in [2.75, 3.05) is 19.0 Å². The Morgan fingerprint density at radius 3 is 2.56 bits per heavy atom. The third-order valence-electron chi connectivity index (χ3n) is 4.56. The first kappa shape index (κ1) is 23.5. The molecule has 3 rings (SSSR count). The molecule has 170 valence electrons. The van der Waals surface area contributed by atoms with Gasteiger partial charge < -0.3 is 20.3 Å². The van der Waals surface area contributed by atoms with Crippen molar-refractivity contribution >= 4 is 23.5 Å². The number of hydrogen-bond donors (Lipinski definition) is 2. The predicted octanol–water partition coefficient (Wildman–Crippen LogP) is 4.31. The lowest BCUT2D eigenvalue weighted by molar-refractivity contribution is -0.139. The van der Waals surface area contributed by atoms with Crippen LogP contribution in [0.5, 0.6) is 11.5 Å². The summed E-state index contributed by atoms with van der Waals surface area (Å²) in [5.41, 5.74) is 6.26. The number of aliphatic carboxylic acids is 1. The molecule has 32 heavy (non-hydrogen) atoms. The lowest BCUT2D eigenvalue weighted by Gasteiger charge is -2.22. The second-order valence-corrected chi connectivity index (χ2v) is 7.97. The van der Waals surface area contributed by atoms with E-state index < -0.39 is 30.1 Å². The number of carboxylic acid groups (broad SMARTS) is 1. The van der Waals surface area contributed by atoms with Crippen LogP contribution in [0.15, 0.2) is 53.1 Å². The van der Waals surface area contributed by atoms with Crippen LogP contribution in [0.4, 0.5) is 13.2 Å². The van der Waals surface area contributed by atoms with E-state index in [0.29, 0.717) is 24.5 Å². The Bertz CT molecular complexity index is 1040. The molecule has 0 aliphatic carbocycles. The van der Waals surface area contributed by atoms with Crippen LogP contribution in [0.25, 0.3) is 0 Å². The quantitative estimate of drug-likeness (QED) is 0.339. The van der Waals surface area contributed by atoms with Gasteiger partial charge in [-0.2, -0.15) is 13.2 Å². The van der Waals surface area contributed by atoms with Gasteiger partial charge in [0.1, 0.15) is 11.5 Å². The van der Waals surface area contributed by atoms with Crippen molar-refractivity contribution in [3.8, 4) is 11.5 Å². The summed E-state index contributed by atoms with van der Waals surface area (Å²) in [6.07, 6.45) is -1.83. The van der Waals surface area contributed by atoms with Gasteiger partial charge in [-0.3, -0.25) is 4.79 Å². The van der Waals surface area contributed by atoms with E-state index in [4.69, 9.17) is 20.3 Å². The van der Waals surface area contributed by atoms with E-state index in [1.807, 2.05) is 0 Å². The van der Waals surface area contributed by atoms with Gasteiger partial charge in [0, 0.05) is 28.7 Å². The van der Waals surface area contributed by atoms with Gasteiger partial charge in [0.15, 0.2) is 12.4 Å². The first-order valence-corrected chi connectivity index (χ1v) is 10.6. The van der Waals surface area contributed by atoms with E-state index in [1.54, 1.807) is 12.1 Å². The van der Waals surface area contributed by atoms with Gasteiger partial charge in [-0.25, -0.2) is 4.79 Å². The Hall–Kier alpha value is -3.14. The molecular formula is C22H20F3NO5S. The Labute approximate surface area is 186 Å². The second kappa shape index (κ2) is 9.99. The fraction of sp³-hybridized carbons (Fsp3) is 0.273. The molecule has 0 unspecified atom stereocenters. The van der Waals surface area contributed by atoms with Gasteiger partial charge in [-0.1, -0.05) is 12.1 Å². The number of ether oxygens (including phenoxy) is 2. The highest BCUT2D eigenvalue weighted by Crippen LogP contribution is 2.41. The lowest BCUT2D eigenvalue weighted by atomic mass is 10.1. The smallest absolute Gasteiger partial charge is 0.416 e. The molecule has 2 aromatic rings. The second-order valence-electron chi connectivity index (χ2n) is 6.95. The number of carboxylic acids is 1. The maximum Gasteiger partial charge on any atom is 0.416 e. The number of allylic oxidation sites excluding steroid dienone is 1. The van der Waals surface area contributed by atoms with Crippen LogP contribution in [0.2, 0.25) is 0 Å². The molecule has 6 nitrogen and oxygen atoms in total. The molecular weight excluding hydrogens is 447 g/mol. The number of hydrogen-bond acceptors (Lipinski definition) is 6. The maximum absolute atomic E-state index is 12.7. The van der Waals surface area contributed by atoms with Crippen molar-refractivity contribution in [1.82, 2.24) is 0 Å². The van der Waals surface area contributed by atoms with Gasteiger partial charge in [0.25, 0.3) is 0 Å². The maximum atomic E-state index is 12.7. The topological polar surface area (TPSA) is 98.9 Å². The Balaban J connectivity index is 1.68. The standard InChI is InChI=1S/C22H20F3NO5S/c23-22(24,25)14-5-3-13(4-6-14)17(27)10-15(26)12-32-19-8-7-18(31-11-20(28)29)16-2-1-9-30-21(16)19/h3-8,10H,1-2,9,11-12,26H2,(H,28,29). The van der Waals surface area contributed by atoms with Crippen molar-refractivity contribution in [1.29, 1.82) is 0 Å². The highest BCUT2D eigenvalue weighted by atomic mass is 32.2. The Morgan fingerprint density at radius 1 is 1.19 bits per heavy atom. The first-order valence-electron chi connectivity index (χ1n) is 9.59. The zero-order chi connectivity index (χ0) is 23.3. The summed E-state index contributed by atoms with van der Waals surface area (Å²) in [7, 11) is 0. The Morgan fingerprint density at radius 2 is 1.91 bits per heavy atom. The number of halogens is 3. The number of fused-ring (bicyclic) bond motifs is 1. The minimum atomic E-state index is -4.47. The normalized spacial score (nSPS) is 13.8. The van der Waals surface area contributed by atoms with E-state index >= 15 is 0 Å². The largest absolute Gasteiger partial charge is 0.492 e. The number of benzene rings is 2. The fourth-order valence-corrected chi connectivity index (χ4v) is 3.96. The molecule has 0 amide bonds. The van der Waals surface area contributed by atoms with Gasteiger partial charge >= 0.3 is 12.1 Å². The van der Waals surface area contributed by atoms with E-state index in [1.165, 1.54) is 17.8 Å². The van der Waals surface area contributed by atoms with E-state index in [-0.39, 0.29) is 17.0 Å². The molecule has 3 N–H and O–H groups in total. The summed E-state index contributed by atoms with van der Waals surface area (Å²) in [4.78, 5) is 23.8. The summed E-state index contributed by atoms with van der Waals surface area (Å²) >= 11 is 1.33. The molecule has 0 fully saturated rings. The fourth-order valence-electron chi connectivity index (χ4n) is 3.07. The van der Waals surface area contributed by atoms with Crippen LogP contribution in [-0.4, -0.2) is 35.8 Å². The molecule has 0 saturated carbocycles. The number of thioether (sulfide) groups is 1. The molecule has 10 heteroatoms. The summed E-state index contributed by atoms with van der Waals surface area (Å²) in [5.74, 6) is -0.271. The third kappa shape index (κ3) is 5.97. The minimum absolute atomic E-state index is 0.103. The van der Waals surface area contributed by atoms with E-state index in [9.17, 15) is 22.8 Å². The van der Waals surface area contributed by atoms with Gasteiger partial charge in [0.05, 0.1) is 17.1 Å². The summed E-state index contributed by atoms with van der Waals surface area (Å²) in [6, 6.07) is 7.33. The zero-order valence-corrected chi connectivity index (χ0v) is 17.6. The van der Waals surface area contributed by atoms with Gasteiger partial charge in [-0.15, -0.1) is 11.8 Å². The van der Waals surface area contributed by atoms with Crippen molar-refractivity contribution in [2.24, 2.45) is 5.73 Å². The SMILES string of the molecule is NC(=CC(=O)c1ccc(C(F)(F)F)cc1)CSc1ccc(OCC(=O)O)c2c1OCCC2. The van der Waals surface area contributed by atoms with Crippen LogP contribution in [0.3, 0.4) is 0 Å². The third-order valence-corrected chi connectivity index (χ3v) is 5.67. The summed E-state index contributed by atoms with van der Waals surface area (Å²) in [5, 5.41) is 8.82. The predicted molar refractivity (Wildman–Crippen MR) is 112 cm³/mol. The molecule has 1 aliphatic rings. The number of carbonyl (C=O) groups is 2. The molecule has 1 heterocycles. The molecule has 1 aliphatic heterocycles.